The van der Waals surface area contributed by atoms with Crippen molar-refractivity contribution >= 4 is 5.91 Å². The molecule has 2 N–H and O–H groups in total. The molecule has 1 amide bonds. The Hall–Kier alpha value is -1.43. The molecule has 0 bridgehead atoms. The molecule has 100 valence electrons. The van der Waals surface area contributed by atoms with Gasteiger partial charge in [0.25, 0.3) is 5.91 Å². The third kappa shape index (κ3) is 3.53. The maximum Gasteiger partial charge on any atom is 0.273 e. The summed E-state index contributed by atoms with van der Waals surface area (Å²) >= 11 is 0. The van der Waals surface area contributed by atoms with Gasteiger partial charge in [0.05, 0.1) is 11.8 Å². The van der Waals surface area contributed by atoms with Gasteiger partial charge in [-0.1, -0.05) is 0 Å². The van der Waals surface area contributed by atoms with Gasteiger partial charge in [0.15, 0.2) is 5.69 Å². The van der Waals surface area contributed by atoms with E-state index in [1.54, 1.807) is 6.92 Å². The van der Waals surface area contributed by atoms with Crippen LogP contribution < -0.4 is 5.32 Å². The van der Waals surface area contributed by atoms with Crippen molar-refractivity contribution in [2.24, 2.45) is 0 Å². The van der Waals surface area contributed by atoms with E-state index < -0.39 is 0 Å². The molecule has 0 aromatic carbocycles. The summed E-state index contributed by atoms with van der Waals surface area (Å²) in [7, 11) is 0. The SMILES string of the molecule is Cc1n[nH]nc1C(=O)NCCCC[C@@H]1CCCO1. The fraction of sp³-hybridized carbons (Fsp3) is 0.750. The summed E-state index contributed by atoms with van der Waals surface area (Å²) in [5.74, 6) is -0.154. The van der Waals surface area contributed by atoms with Crippen molar-refractivity contribution in [3.05, 3.63) is 11.4 Å². The Morgan fingerprint density at radius 2 is 2.39 bits per heavy atom. The Balaban J connectivity index is 1.58. The van der Waals surface area contributed by atoms with Crippen LogP contribution in [0.3, 0.4) is 0 Å². The molecule has 2 heterocycles. The average molecular weight is 252 g/mol. The summed E-state index contributed by atoms with van der Waals surface area (Å²) in [6.07, 6.45) is 5.97. The second kappa shape index (κ2) is 6.49. The zero-order valence-electron chi connectivity index (χ0n) is 10.7. The van der Waals surface area contributed by atoms with Crippen molar-refractivity contribution < 1.29 is 9.53 Å². The normalized spacial score (nSPS) is 19.1. The molecule has 1 aliphatic heterocycles. The van der Waals surface area contributed by atoms with E-state index in [9.17, 15) is 4.79 Å². The van der Waals surface area contributed by atoms with Crippen molar-refractivity contribution in [1.82, 2.24) is 20.7 Å². The van der Waals surface area contributed by atoms with E-state index in [1.165, 1.54) is 12.8 Å². The number of amides is 1. The highest BCUT2D eigenvalue weighted by Gasteiger charge is 2.15. The van der Waals surface area contributed by atoms with Gasteiger partial charge >= 0.3 is 0 Å². The standard InChI is InChI=1S/C12H20N4O2/c1-9-11(15-16-14-9)12(17)13-7-3-2-5-10-6-4-8-18-10/h10H,2-8H2,1H3,(H,13,17)(H,14,15,16)/t10-/m1/s1. The zero-order valence-corrected chi connectivity index (χ0v) is 10.7. The summed E-state index contributed by atoms with van der Waals surface area (Å²) in [6, 6.07) is 0. The highest BCUT2D eigenvalue weighted by atomic mass is 16.5. The van der Waals surface area contributed by atoms with E-state index in [0.29, 0.717) is 24.0 Å². The summed E-state index contributed by atoms with van der Waals surface area (Å²) in [5, 5.41) is 12.9. The van der Waals surface area contributed by atoms with E-state index >= 15 is 0 Å². The van der Waals surface area contributed by atoms with Gasteiger partial charge in [0.2, 0.25) is 0 Å². The predicted molar refractivity (Wildman–Crippen MR) is 66.3 cm³/mol. The number of nitrogens with one attached hydrogen (secondary N) is 2. The zero-order chi connectivity index (χ0) is 12.8. The molecule has 0 spiro atoms. The van der Waals surface area contributed by atoms with E-state index in [0.717, 1.165) is 25.9 Å². The molecule has 1 saturated heterocycles. The highest BCUT2D eigenvalue weighted by molar-refractivity contribution is 5.92. The van der Waals surface area contributed by atoms with Gasteiger partial charge in [-0.2, -0.15) is 15.4 Å². The lowest BCUT2D eigenvalue weighted by Crippen LogP contribution is -2.25. The number of hydrogen-bond donors (Lipinski definition) is 2. The molecule has 6 nitrogen and oxygen atoms in total. The number of carbonyl (C=O) groups is 1. The molecular weight excluding hydrogens is 232 g/mol. The van der Waals surface area contributed by atoms with Crippen molar-refractivity contribution in [3.8, 4) is 0 Å². The van der Waals surface area contributed by atoms with E-state index in [2.05, 4.69) is 20.7 Å². The van der Waals surface area contributed by atoms with Crippen LogP contribution >= 0.6 is 0 Å². The summed E-state index contributed by atoms with van der Waals surface area (Å²) in [4.78, 5) is 11.7. The average Bonchev–Trinajstić information content (AvgIpc) is 2.99. The van der Waals surface area contributed by atoms with Gasteiger partial charge in [0.1, 0.15) is 0 Å². The third-order valence-electron chi connectivity index (χ3n) is 3.20. The van der Waals surface area contributed by atoms with Crippen LogP contribution in [0.4, 0.5) is 0 Å². The van der Waals surface area contributed by atoms with Crippen LogP contribution in [0.5, 0.6) is 0 Å². The number of aromatic nitrogens is 3. The Morgan fingerprint density at radius 1 is 1.50 bits per heavy atom. The lowest BCUT2D eigenvalue weighted by molar-refractivity contribution is 0.0942. The lowest BCUT2D eigenvalue weighted by Gasteiger charge is -2.08. The number of rotatable bonds is 6. The van der Waals surface area contributed by atoms with Gasteiger partial charge in [-0.3, -0.25) is 4.79 Å². The third-order valence-corrected chi connectivity index (χ3v) is 3.20. The van der Waals surface area contributed by atoms with Crippen LogP contribution in [0.1, 0.15) is 48.3 Å². The molecule has 0 aliphatic carbocycles. The van der Waals surface area contributed by atoms with Crippen molar-refractivity contribution in [1.29, 1.82) is 0 Å². The predicted octanol–water partition coefficient (Wildman–Crippen LogP) is 1.19. The first-order chi connectivity index (χ1) is 8.77. The fourth-order valence-electron chi connectivity index (χ4n) is 2.15. The van der Waals surface area contributed by atoms with Crippen LogP contribution in [0.25, 0.3) is 0 Å². The minimum atomic E-state index is -0.154. The first-order valence-electron chi connectivity index (χ1n) is 6.54. The Labute approximate surface area is 106 Å². The van der Waals surface area contributed by atoms with Gasteiger partial charge < -0.3 is 10.1 Å². The molecule has 0 saturated carbocycles. The number of hydrogen-bond acceptors (Lipinski definition) is 4. The van der Waals surface area contributed by atoms with Crippen molar-refractivity contribution in [3.63, 3.8) is 0 Å². The minimum Gasteiger partial charge on any atom is -0.378 e. The second-order valence-corrected chi connectivity index (χ2v) is 4.64. The molecule has 1 aromatic rings. The van der Waals surface area contributed by atoms with Crippen LogP contribution in [0.2, 0.25) is 0 Å². The topological polar surface area (TPSA) is 79.9 Å². The molecule has 0 radical (unpaired) electrons. The fourth-order valence-corrected chi connectivity index (χ4v) is 2.15. The summed E-state index contributed by atoms with van der Waals surface area (Å²) in [5.41, 5.74) is 1.01. The maximum atomic E-state index is 11.7. The smallest absolute Gasteiger partial charge is 0.273 e. The minimum absolute atomic E-state index is 0.154. The lowest BCUT2D eigenvalue weighted by atomic mass is 10.1. The molecule has 1 aromatic heterocycles. The summed E-state index contributed by atoms with van der Waals surface area (Å²) in [6.45, 7) is 3.35. The Bertz CT molecular complexity index is 385. The van der Waals surface area contributed by atoms with Crippen LogP contribution in [0.15, 0.2) is 0 Å². The molecule has 0 unspecified atom stereocenters. The first kappa shape index (κ1) is 13.0. The largest absolute Gasteiger partial charge is 0.378 e. The molecule has 18 heavy (non-hydrogen) atoms. The number of nitrogens with zero attached hydrogens (tertiary/aromatic N) is 2. The maximum absolute atomic E-state index is 11.7. The molecule has 6 heteroatoms. The van der Waals surface area contributed by atoms with E-state index in [4.69, 9.17) is 4.74 Å². The molecule has 1 fully saturated rings. The Morgan fingerprint density at radius 3 is 3.06 bits per heavy atom. The number of aryl methyl sites for hydroxylation is 1. The number of unbranched alkanes of at least 4 members (excludes halogenated alkanes) is 1. The van der Waals surface area contributed by atoms with Crippen LogP contribution in [0, 0.1) is 6.92 Å². The van der Waals surface area contributed by atoms with E-state index in [-0.39, 0.29) is 5.91 Å². The summed E-state index contributed by atoms with van der Waals surface area (Å²) < 4.78 is 5.55. The highest BCUT2D eigenvalue weighted by Crippen LogP contribution is 2.17. The van der Waals surface area contributed by atoms with Crippen molar-refractivity contribution in [2.75, 3.05) is 13.2 Å². The second-order valence-electron chi connectivity index (χ2n) is 4.64. The van der Waals surface area contributed by atoms with Crippen LogP contribution in [-0.4, -0.2) is 40.6 Å². The number of aromatic amines is 1. The van der Waals surface area contributed by atoms with Gasteiger partial charge in [0, 0.05) is 13.2 Å². The van der Waals surface area contributed by atoms with Gasteiger partial charge in [-0.15, -0.1) is 0 Å². The first-order valence-corrected chi connectivity index (χ1v) is 6.54. The molecular formula is C12H20N4O2. The molecule has 1 aliphatic rings. The number of carbonyl (C=O) groups excluding carboxylic acids is 1. The Kier molecular flexibility index (Phi) is 4.69. The monoisotopic (exact) mass is 252 g/mol. The number of H-pyrrole nitrogens is 1. The van der Waals surface area contributed by atoms with Gasteiger partial charge in [-0.25, -0.2) is 0 Å². The quantitative estimate of drug-likeness (QED) is 0.745. The molecule has 2 rings (SSSR count). The van der Waals surface area contributed by atoms with Gasteiger partial charge in [-0.05, 0) is 39.0 Å². The van der Waals surface area contributed by atoms with Crippen LogP contribution in [-0.2, 0) is 4.74 Å². The number of ether oxygens (including phenoxy) is 1. The van der Waals surface area contributed by atoms with E-state index in [1.807, 2.05) is 0 Å². The molecule has 1 atom stereocenters. The van der Waals surface area contributed by atoms with Crippen molar-refractivity contribution in [2.45, 2.75) is 45.1 Å².